The van der Waals surface area contributed by atoms with Crippen molar-refractivity contribution in [3.63, 3.8) is 0 Å². The number of methoxy groups -OCH3 is 1. The van der Waals surface area contributed by atoms with Crippen molar-refractivity contribution < 1.29 is 9.84 Å². The van der Waals surface area contributed by atoms with Crippen LogP contribution in [0.25, 0.3) is 21.8 Å². The summed E-state index contributed by atoms with van der Waals surface area (Å²) in [6.07, 6.45) is -0.608. The van der Waals surface area contributed by atoms with Crippen molar-refractivity contribution >= 4 is 50.7 Å². The predicted molar refractivity (Wildman–Crippen MR) is 117 cm³/mol. The molecule has 0 saturated carbocycles. The highest BCUT2D eigenvalue weighted by Gasteiger charge is 2.15. The molecule has 2 N–H and O–H groups in total. The van der Waals surface area contributed by atoms with Gasteiger partial charge >= 0.3 is 0 Å². The van der Waals surface area contributed by atoms with E-state index in [9.17, 15) is 5.11 Å². The third-order valence-corrected chi connectivity index (χ3v) is 5.27. The molecule has 3 aromatic carbocycles. The van der Waals surface area contributed by atoms with E-state index in [0.717, 1.165) is 33.2 Å². The number of ether oxygens (including phenoxy) is 1. The van der Waals surface area contributed by atoms with Crippen LogP contribution in [0.5, 0.6) is 5.75 Å². The standard InChI is InChI=1S/C22H20Cl2N2O2/c1-28-18-4-2-3-16(11-18)25-12-17(27)13-26-21-9-14(23)5-7-19(21)20-8-6-15(24)10-22(20)26/h2-11,17,25,27H,12-13H2,1H3. The molecule has 28 heavy (non-hydrogen) atoms. The van der Waals surface area contributed by atoms with Crippen LogP contribution in [0, 0.1) is 0 Å². The third-order valence-electron chi connectivity index (χ3n) is 4.80. The van der Waals surface area contributed by atoms with Crippen molar-refractivity contribution in [2.24, 2.45) is 0 Å². The molecular formula is C22H20Cl2N2O2. The largest absolute Gasteiger partial charge is 0.497 e. The zero-order chi connectivity index (χ0) is 19.7. The van der Waals surface area contributed by atoms with Gasteiger partial charge in [-0.15, -0.1) is 0 Å². The number of halogens is 2. The van der Waals surface area contributed by atoms with Crippen LogP contribution >= 0.6 is 23.2 Å². The lowest BCUT2D eigenvalue weighted by atomic mass is 10.1. The van der Waals surface area contributed by atoms with Crippen LogP contribution in [-0.2, 0) is 6.54 Å². The summed E-state index contributed by atoms with van der Waals surface area (Å²) in [4.78, 5) is 0. The number of rotatable bonds is 6. The summed E-state index contributed by atoms with van der Waals surface area (Å²) in [6, 6.07) is 19.2. The molecule has 6 heteroatoms. The molecule has 0 spiro atoms. The number of aromatic nitrogens is 1. The van der Waals surface area contributed by atoms with Crippen molar-refractivity contribution in [1.29, 1.82) is 0 Å². The molecule has 0 amide bonds. The lowest BCUT2D eigenvalue weighted by Crippen LogP contribution is -2.24. The van der Waals surface area contributed by atoms with Gasteiger partial charge in [0.1, 0.15) is 5.75 Å². The Labute approximate surface area is 173 Å². The monoisotopic (exact) mass is 414 g/mol. The number of fused-ring (bicyclic) bond motifs is 3. The van der Waals surface area contributed by atoms with Gasteiger partial charge in [-0.1, -0.05) is 41.4 Å². The molecule has 1 heterocycles. The van der Waals surface area contributed by atoms with Crippen LogP contribution < -0.4 is 10.1 Å². The summed E-state index contributed by atoms with van der Waals surface area (Å²) in [5.74, 6) is 0.770. The van der Waals surface area contributed by atoms with Crippen LogP contribution in [0.1, 0.15) is 0 Å². The van der Waals surface area contributed by atoms with E-state index in [1.165, 1.54) is 0 Å². The Hall–Kier alpha value is -2.40. The van der Waals surface area contributed by atoms with Gasteiger partial charge < -0.3 is 19.7 Å². The molecular weight excluding hydrogens is 395 g/mol. The van der Waals surface area contributed by atoms with Crippen molar-refractivity contribution in [3.05, 3.63) is 70.7 Å². The van der Waals surface area contributed by atoms with E-state index in [1.807, 2.05) is 60.7 Å². The average molecular weight is 415 g/mol. The minimum atomic E-state index is -0.608. The summed E-state index contributed by atoms with van der Waals surface area (Å²) < 4.78 is 7.30. The van der Waals surface area contributed by atoms with E-state index >= 15 is 0 Å². The molecule has 0 fully saturated rings. The quantitative estimate of drug-likeness (QED) is 0.432. The van der Waals surface area contributed by atoms with E-state index < -0.39 is 6.10 Å². The minimum Gasteiger partial charge on any atom is -0.497 e. The lowest BCUT2D eigenvalue weighted by molar-refractivity contribution is 0.169. The molecule has 4 rings (SSSR count). The molecule has 1 aromatic heterocycles. The van der Waals surface area contributed by atoms with Crippen LogP contribution in [0.3, 0.4) is 0 Å². The molecule has 0 aliphatic rings. The number of nitrogens with one attached hydrogen (secondary N) is 1. The lowest BCUT2D eigenvalue weighted by Gasteiger charge is -2.16. The smallest absolute Gasteiger partial charge is 0.120 e. The summed E-state index contributed by atoms with van der Waals surface area (Å²) in [5, 5.41) is 17.4. The van der Waals surface area contributed by atoms with Crippen molar-refractivity contribution in [1.82, 2.24) is 4.57 Å². The SMILES string of the molecule is COc1cccc(NCC(O)Cn2c3cc(Cl)ccc3c3ccc(Cl)cc32)c1. The highest BCUT2D eigenvalue weighted by Crippen LogP contribution is 2.32. The first-order valence-corrected chi connectivity index (χ1v) is 9.74. The zero-order valence-corrected chi connectivity index (χ0v) is 16.8. The number of hydrogen-bond acceptors (Lipinski definition) is 3. The van der Waals surface area contributed by atoms with Gasteiger partial charge in [0, 0.05) is 39.1 Å². The molecule has 0 radical (unpaired) electrons. The number of nitrogens with zero attached hydrogens (tertiary/aromatic N) is 1. The first-order valence-electron chi connectivity index (χ1n) is 8.98. The maximum Gasteiger partial charge on any atom is 0.120 e. The van der Waals surface area contributed by atoms with Gasteiger partial charge in [0.05, 0.1) is 30.8 Å². The summed E-state index contributed by atoms with van der Waals surface area (Å²) in [5.41, 5.74) is 2.85. The predicted octanol–water partition coefficient (Wildman–Crippen LogP) is 5.58. The first-order chi connectivity index (χ1) is 13.5. The Kier molecular flexibility index (Phi) is 5.36. The van der Waals surface area contributed by atoms with Gasteiger partial charge in [0.25, 0.3) is 0 Å². The maximum absolute atomic E-state index is 10.7. The van der Waals surface area contributed by atoms with Crippen LogP contribution in [0.4, 0.5) is 5.69 Å². The summed E-state index contributed by atoms with van der Waals surface area (Å²) in [7, 11) is 1.63. The highest BCUT2D eigenvalue weighted by molar-refractivity contribution is 6.32. The summed E-state index contributed by atoms with van der Waals surface area (Å²) >= 11 is 12.5. The van der Waals surface area contributed by atoms with E-state index in [2.05, 4.69) is 9.88 Å². The van der Waals surface area contributed by atoms with E-state index in [-0.39, 0.29) is 0 Å². The fourth-order valence-corrected chi connectivity index (χ4v) is 3.81. The third kappa shape index (κ3) is 3.76. The molecule has 0 aliphatic carbocycles. The fourth-order valence-electron chi connectivity index (χ4n) is 3.48. The Bertz CT molecular complexity index is 1080. The number of benzene rings is 3. The highest BCUT2D eigenvalue weighted by atomic mass is 35.5. The molecule has 1 atom stereocenters. The second-order valence-corrected chi connectivity index (χ2v) is 7.57. The average Bonchev–Trinajstić information content (AvgIpc) is 2.98. The molecule has 0 saturated heterocycles. The van der Waals surface area contributed by atoms with Crippen LogP contribution in [0.2, 0.25) is 10.0 Å². The molecule has 0 aliphatic heterocycles. The molecule has 4 nitrogen and oxygen atoms in total. The zero-order valence-electron chi connectivity index (χ0n) is 15.3. The number of hydrogen-bond donors (Lipinski definition) is 2. The van der Waals surface area contributed by atoms with Crippen molar-refractivity contribution in [2.75, 3.05) is 19.0 Å². The minimum absolute atomic E-state index is 0.398. The van der Waals surface area contributed by atoms with Gasteiger partial charge in [0.2, 0.25) is 0 Å². The molecule has 144 valence electrons. The second-order valence-electron chi connectivity index (χ2n) is 6.70. The molecule has 0 bridgehead atoms. The van der Waals surface area contributed by atoms with E-state index in [1.54, 1.807) is 7.11 Å². The Morgan fingerprint density at radius 1 is 0.964 bits per heavy atom. The van der Waals surface area contributed by atoms with Crippen LogP contribution in [-0.4, -0.2) is 29.4 Å². The molecule has 4 aromatic rings. The van der Waals surface area contributed by atoms with Gasteiger partial charge in [-0.3, -0.25) is 0 Å². The van der Waals surface area contributed by atoms with Crippen molar-refractivity contribution in [2.45, 2.75) is 12.6 Å². The van der Waals surface area contributed by atoms with Crippen LogP contribution in [0.15, 0.2) is 60.7 Å². The number of aliphatic hydroxyl groups is 1. The van der Waals surface area contributed by atoms with Gasteiger partial charge in [0.15, 0.2) is 0 Å². The first kappa shape index (κ1) is 18.9. The number of aliphatic hydroxyl groups excluding tert-OH is 1. The van der Waals surface area contributed by atoms with E-state index in [0.29, 0.717) is 23.1 Å². The topological polar surface area (TPSA) is 46.4 Å². The van der Waals surface area contributed by atoms with Crippen molar-refractivity contribution in [3.8, 4) is 5.75 Å². The van der Waals surface area contributed by atoms with Gasteiger partial charge in [-0.05, 0) is 36.4 Å². The fraction of sp³-hybridized carbons (Fsp3) is 0.182. The second kappa shape index (κ2) is 7.92. The number of anilines is 1. The van der Waals surface area contributed by atoms with Gasteiger partial charge in [-0.2, -0.15) is 0 Å². The maximum atomic E-state index is 10.7. The Balaban J connectivity index is 1.62. The Morgan fingerprint density at radius 2 is 1.61 bits per heavy atom. The summed E-state index contributed by atoms with van der Waals surface area (Å²) in [6.45, 7) is 0.813. The normalized spacial score (nSPS) is 12.4. The molecule has 1 unspecified atom stereocenters. The van der Waals surface area contributed by atoms with Gasteiger partial charge in [-0.25, -0.2) is 0 Å². The Morgan fingerprint density at radius 3 is 2.21 bits per heavy atom. The van der Waals surface area contributed by atoms with E-state index in [4.69, 9.17) is 27.9 Å².